The summed E-state index contributed by atoms with van der Waals surface area (Å²) in [5.41, 5.74) is -2.08. The van der Waals surface area contributed by atoms with Gasteiger partial charge in [-0.05, 0) is 43.7 Å². The number of ether oxygens (including phenoxy) is 1. The number of nitrogens with zero attached hydrogens (tertiary/aromatic N) is 1. The first-order valence-electron chi connectivity index (χ1n) is 8.09. The van der Waals surface area contributed by atoms with Gasteiger partial charge in [-0.15, -0.1) is 0 Å². The topological polar surface area (TPSA) is 102 Å². The fraction of sp³-hybridized carbons (Fsp3) is 0.562. The number of nitrogens with one attached hydrogen (secondary N) is 1. The fourth-order valence-corrected chi connectivity index (χ4v) is 2.99. The van der Waals surface area contributed by atoms with Gasteiger partial charge in [0.15, 0.2) is 0 Å². The van der Waals surface area contributed by atoms with Crippen LogP contribution >= 0.6 is 0 Å². The van der Waals surface area contributed by atoms with Crippen molar-refractivity contribution in [3.63, 3.8) is 0 Å². The number of alkyl halides is 3. The number of rotatable bonds is 7. The molecule has 0 heterocycles. The molecule has 2 rings (SSSR count). The van der Waals surface area contributed by atoms with Crippen LogP contribution in [0, 0.1) is 16.0 Å². The lowest BCUT2D eigenvalue weighted by molar-refractivity contribution is -0.388. The highest BCUT2D eigenvalue weighted by Gasteiger charge is 2.38. The van der Waals surface area contributed by atoms with E-state index in [9.17, 15) is 28.1 Å². The molecule has 0 saturated heterocycles. The molecule has 0 bridgehead atoms. The zero-order valence-electron chi connectivity index (χ0n) is 13.8. The number of nitro groups is 1. The quantitative estimate of drug-likeness (QED) is 0.556. The molecule has 1 aliphatic rings. The third-order valence-electron chi connectivity index (χ3n) is 4.33. The summed E-state index contributed by atoms with van der Waals surface area (Å²) in [6.45, 7) is 0.0946. The molecule has 1 aromatic rings. The van der Waals surface area contributed by atoms with Crippen LogP contribution in [-0.4, -0.2) is 35.3 Å². The number of hydrogen-bond donors (Lipinski definition) is 2. The third kappa shape index (κ3) is 5.58. The van der Waals surface area contributed by atoms with Crippen LogP contribution in [0.4, 0.5) is 24.5 Å². The average molecular weight is 376 g/mol. The SMILES string of the molecule is O=C(O)COC1CCC(CNc2ccc([N+](=O)[O-])c(C(F)(F)F)c2)CC1. The van der Waals surface area contributed by atoms with E-state index in [4.69, 9.17) is 9.84 Å². The summed E-state index contributed by atoms with van der Waals surface area (Å²) in [6.07, 6.45) is -2.02. The Hall–Kier alpha value is -2.36. The molecule has 0 spiro atoms. The van der Waals surface area contributed by atoms with Crippen LogP contribution in [0.15, 0.2) is 18.2 Å². The summed E-state index contributed by atoms with van der Waals surface area (Å²) in [6, 6.07) is 2.86. The van der Waals surface area contributed by atoms with Crippen LogP contribution < -0.4 is 5.32 Å². The third-order valence-corrected chi connectivity index (χ3v) is 4.33. The number of nitro benzene ring substituents is 1. The first kappa shape index (κ1) is 20.0. The molecule has 1 fully saturated rings. The van der Waals surface area contributed by atoms with E-state index in [2.05, 4.69) is 5.32 Å². The van der Waals surface area contributed by atoms with E-state index in [0.717, 1.165) is 25.0 Å². The highest BCUT2D eigenvalue weighted by Crippen LogP contribution is 2.37. The van der Waals surface area contributed by atoms with Crippen molar-refractivity contribution in [2.75, 3.05) is 18.5 Å². The van der Waals surface area contributed by atoms with Gasteiger partial charge in [0.25, 0.3) is 5.69 Å². The molecule has 0 radical (unpaired) electrons. The van der Waals surface area contributed by atoms with Gasteiger partial charge in [0.2, 0.25) is 0 Å². The number of carboxylic acid groups (broad SMARTS) is 1. The second kappa shape index (κ2) is 8.35. The maximum atomic E-state index is 13.0. The Morgan fingerprint density at radius 3 is 2.50 bits per heavy atom. The Balaban J connectivity index is 1.90. The number of halogens is 3. The van der Waals surface area contributed by atoms with E-state index in [0.29, 0.717) is 19.4 Å². The molecule has 7 nitrogen and oxygen atoms in total. The maximum absolute atomic E-state index is 13.0. The molecule has 2 N–H and O–H groups in total. The van der Waals surface area contributed by atoms with Crippen molar-refractivity contribution in [2.45, 2.75) is 38.0 Å². The zero-order chi connectivity index (χ0) is 19.3. The Labute approximate surface area is 147 Å². The Bertz CT molecular complexity index is 658. The number of benzene rings is 1. The number of anilines is 1. The standard InChI is InChI=1S/C16H19F3N2O5/c17-16(18,19)13-7-11(3-6-14(13)21(24)25)20-8-10-1-4-12(5-2-10)26-9-15(22)23/h3,6-7,10,12,20H,1-2,4-5,8-9H2,(H,22,23). The van der Waals surface area contributed by atoms with E-state index in [1.165, 1.54) is 6.07 Å². The summed E-state index contributed by atoms with van der Waals surface area (Å²) >= 11 is 0. The lowest BCUT2D eigenvalue weighted by Gasteiger charge is -2.28. The molecular weight excluding hydrogens is 357 g/mol. The second-order valence-corrected chi connectivity index (χ2v) is 6.22. The highest BCUT2D eigenvalue weighted by molar-refractivity contribution is 5.68. The first-order chi connectivity index (χ1) is 12.2. The predicted octanol–water partition coefficient (Wildman–Crippen LogP) is 3.69. The van der Waals surface area contributed by atoms with Crippen LogP contribution in [0.25, 0.3) is 0 Å². The van der Waals surface area contributed by atoms with Crippen molar-refractivity contribution >= 4 is 17.3 Å². The van der Waals surface area contributed by atoms with Crippen molar-refractivity contribution in [3.05, 3.63) is 33.9 Å². The van der Waals surface area contributed by atoms with Crippen molar-refractivity contribution in [1.82, 2.24) is 0 Å². The molecule has 26 heavy (non-hydrogen) atoms. The molecular formula is C16H19F3N2O5. The van der Waals surface area contributed by atoms with E-state index in [1.54, 1.807) is 0 Å². The summed E-state index contributed by atoms with van der Waals surface area (Å²) in [5, 5.41) is 22.2. The van der Waals surface area contributed by atoms with Crippen LogP contribution in [-0.2, 0) is 15.7 Å². The Morgan fingerprint density at radius 1 is 1.31 bits per heavy atom. The summed E-state index contributed by atoms with van der Waals surface area (Å²) < 4.78 is 44.1. The van der Waals surface area contributed by atoms with Gasteiger partial charge in [0.1, 0.15) is 12.2 Å². The van der Waals surface area contributed by atoms with Gasteiger partial charge in [-0.25, -0.2) is 4.79 Å². The van der Waals surface area contributed by atoms with Gasteiger partial charge in [0.05, 0.1) is 11.0 Å². The molecule has 0 amide bonds. The van der Waals surface area contributed by atoms with Crippen molar-refractivity contribution in [3.8, 4) is 0 Å². The molecule has 0 unspecified atom stereocenters. The van der Waals surface area contributed by atoms with Crippen LogP contribution in [0.1, 0.15) is 31.2 Å². The zero-order valence-corrected chi connectivity index (χ0v) is 13.8. The van der Waals surface area contributed by atoms with Crippen LogP contribution in [0.3, 0.4) is 0 Å². The summed E-state index contributed by atoms with van der Waals surface area (Å²) in [4.78, 5) is 20.2. The highest BCUT2D eigenvalue weighted by atomic mass is 19.4. The molecule has 144 valence electrons. The predicted molar refractivity (Wildman–Crippen MR) is 85.9 cm³/mol. The number of hydrogen-bond acceptors (Lipinski definition) is 5. The van der Waals surface area contributed by atoms with E-state index < -0.39 is 28.3 Å². The van der Waals surface area contributed by atoms with Gasteiger partial charge in [-0.1, -0.05) is 0 Å². The largest absolute Gasteiger partial charge is 0.480 e. The van der Waals surface area contributed by atoms with Gasteiger partial charge in [-0.2, -0.15) is 13.2 Å². The summed E-state index contributed by atoms with van der Waals surface area (Å²) in [7, 11) is 0. The minimum atomic E-state index is -4.81. The minimum absolute atomic E-state index is 0.112. The molecule has 0 atom stereocenters. The van der Waals surface area contributed by atoms with Crippen molar-refractivity contribution < 1.29 is 32.7 Å². The lowest BCUT2D eigenvalue weighted by Crippen LogP contribution is -2.27. The first-order valence-corrected chi connectivity index (χ1v) is 8.09. The smallest absolute Gasteiger partial charge is 0.423 e. The second-order valence-electron chi connectivity index (χ2n) is 6.22. The van der Waals surface area contributed by atoms with Gasteiger partial charge >= 0.3 is 12.1 Å². The average Bonchev–Trinajstić information content (AvgIpc) is 2.58. The normalized spacial score (nSPS) is 20.6. The van der Waals surface area contributed by atoms with Crippen molar-refractivity contribution in [2.24, 2.45) is 5.92 Å². The van der Waals surface area contributed by atoms with Crippen molar-refractivity contribution in [1.29, 1.82) is 0 Å². The molecule has 1 aromatic carbocycles. The van der Waals surface area contributed by atoms with E-state index >= 15 is 0 Å². The molecule has 0 aromatic heterocycles. The Morgan fingerprint density at radius 2 is 1.96 bits per heavy atom. The van der Waals surface area contributed by atoms with Gasteiger partial charge in [0, 0.05) is 18.3 Å². The lowest BCUT2D eigenvalue weighted by atomic mass is 9.87. The molecule has 1 aliphatic carbocycles. The molecule has 1 saturated carbocycles. The number of carboxylic acids is 1. The minimum Gasteiger partial charge on any atom is -0.480 e. The van der Waals surface area contributed by atoms with Crippen LogP contribution in [0.5, 0.6) is 0 Å². The van der Waals surface area contributed by atoms with Gasteiger partial charge in [-0.3, -0.25) is 10.1 Å². The maximum Gasteiger partial charge on any atom is 0.423 e. The Kier molecular flexibility index (Phi) is 6.41. The monoisotopic (exact) mass is 376 g/mol. The summed E-state index contributed by atoms with van der Waals surface area (Å²) in [5.74, 6) is -0.809. The van der Waals surface area contributed by atoms with E-state index in [1.807, 2.05) is 0 Å². The number of carbonyl (C=O) groups is 1. The fourth-order valence-electron chi connectivity index (χ4n) is 2.99. The van der Waals surface area contributed by atoms with E-state index in [-0.39, 0.29) is 24.3 Å². The van der Waals surface area contributed by atoms with Crippen LogP contribution in [0.2, 0.25) is 0 Å². The number of aliphatic carboxylic acids is 1. The molecule has 0 aliphatic heterocycles. The van der Waals surface area contributed by atoms with Gasteiger partial charge < -0.3 is 15.2 Å². The molecule has 10 heteroatoms.